The third kappa shape index (κ3) is 4.77. The van der Waals surface area contributed by atoms with Gasteiger partial charge in [0.15, 0.2) is 0 Å². The van der Waals surface area contributed by atoms with Gasteiger partial charge in [-0.1, -0.05) is 18.2 Å². The monoisotopic (exact) mass is 386 g/mol. The van der Waals surface area contributed by atoms with Crippen molar-refractivity contribution in [2.24, 2.45) is 0 Å². The first-order chi connectivity index (χ1) is 13.2. The molecule has 0 aromatic heterocycles. The van der Waals surface area contributed by atoms with Crippen LogP contribution in [-0.4, -0.2) is 57.1 Å². The van der Waals surface area contributed by atoms with E-state index in [2.05, 4.69) is 34.5 Å². The average Bonchev–Trinajstić information content (AvgIpc) is 2.87. The molecule has 152 valence electrons. The van der Waals surface area contributed by atoms with Gasteiger partial charge in [-0.25, -0.2) is 0 Å². The second-order valence-electron chi connectivity index (χ2n) is 8.41. The van der Waals surface area contributed by atoms with Gasteiger partial charge in [-0.2, -0.15) is 0 Å². The van der Waals surface area contributed by atoms with E-state index in [1.54, 1.807) is 0 Å². The minimum absolute atomic E-state index is 0.0786. The molecule has 2 aliphatic heterocycles. The summed E-state index contributed by atoms with van der Waals surface area (Å²) >= 11 is 0. The van der Waals surface area contributed by atoms with Crippen LogP contribution in [0.2, 0.25) is 0 Å². The number of morpholine rings is 1. The number of rotatable bonds is 5. The van der Waals surface area contributed by atoms with Crippen molar-refractivity contribution in [2.45, 2.75) is 45.8 Å². The summed E-state index contributed by atoms with van der Waals surface area (Å²) in [5, 5.41) is 2.87. The number of hydrogen-bond acceptors (Lipinski definition) is 5. The third-order valence-electron chi connectivity index (χ3n) is 5.72. The highest BCUT2D eigenvalue weighted by molar-refractivity contribution is 6.56. The van der Waals surface area contributed by atoms with E-state index in [1.807, 2.05) is 33.8 Å². The Hall–Kier alpha value is -1.83. The summed E-state index contributed by atoms with van der Waals surface area (Å²) in [5.74, 6) is -0.0786. The smallest absolute Gasteiger partial charge is 0.400 e. The van der Waals surface area contributed by atoms with Crippen molar-refractivity contribution < 1.29 is 18.8 Å². The maximum absolute atomic E-state index is 11.5. The van der Waals surface area contributed by atoms with Crippen molar-refractivity contribution in [1.29, 1.82) is 0 Å². The molecule has 2 heterocycles. The summed E-state index contributed by atoms with van der Waals surface area (Å²) in [4.78, 5) is 13.8. The van der Waals surface area contributed by atoms with Crippen LogP contribution in [0.5, 0.6) is 0 Å². The average molecular weight is 386 g/mol. The summed E-state index contributed by atoms with van der Waals surface area (Å²) in [6, 6.07) is 8.42. The van der Waals surface area contributed by atoms with Crippen LogP contribution in [0, 0.1) is 0 Å². The van der Waals surface area contributed by atoms with Crippen LogP contribution >= 0.6 is 0 Å². The molecular formula is C21H31BN2O4. The SMILES string of the molecule is CC(=O)NCC(=Cc1ccc(N2CCOCC2)cc1)B1OC(C)(C)C(C)(C)O1. The molecule has 0 saturated carbocycles. The van der Waals surface area contributed by atoms with Crippen LogP contribution in [0.4, 0.5) is 5.69 Å². The van der Waals surface area contributed by atoms with Gasteiger partial charge in [0, 0.05) is 32.2 Å². The predicted molar refractivity (Wildman–Crippen MR) is 112 cm³/mol. The number of anilines is 1. The molecule has 6 nitrogen and oxygen atoms in total. The summed E-state index contributed by atoms with van der Waals surface area (Å²) in [6.45, 7) is 13.4. The molecule has 0 radical (unpaired) electrons. The number of amides is 1. The molecule has 2 saturated heterocycles. The fraction of sp³-hybridized carbons (Fsp3) is 0.571. The Morgan fingerprint density at radius 3 is 2.21 bits per heavy atom. The molecule has 2 aliphatic rings. The zero-order valence-electron chi connectivity index (χ0n) is 17.6. The number of ether oxygens (including phenoxy) is 1. The highest BCUT2D eigenvalue weighted by Gasteiger charge is 2.52. The van der Waals surface area contributed by atoms with E-state index in [0.29, 0.717) is 6.54 Å². The van der Waals surface area contributed by atoms with E-state index in [0.717, 1.165) is 37.3 Å². The summed E-state index contributed by atoms with van der Waals surface area (Å²) in [7, 11) is -0.490. The van der Waals surface area contributed by atoms with Crippen molar-refractivity contribution in [3.8, 4) is 0 Å². The molecule has 1 aromatic carbocycles. The molecule has 0 bridgehead atoms. The number of carbonyl (C=O) groups is 1. The molecule has 0 unspecified atom stereocenters. The second-order valence-corrected chi connectivity index (χ2v) is 8.41. The van der Waals surface area contributed by atoms with Crippen molar-refractivity contribution in [1.82, 2.24) is 5.32 Å². The molecular weight excluding hydrogens is 355 g/mol. The first-order valence-electron chi connectivity index (χ1n) is 9.91. The van der Waals surface area contributed by atoms with E-state index in [9.17, 15) is 4.79 Å². The quantitative estimate of drug-likeness (QED) is 0.789. The first kappa shape index (κ1) is 20.9. The number of hydrogen-bond donors (Lipinski definition) is 1. The molecule has 7 heteroatoms. The Morgan fingerprint density at radius 1 is 1.11 bits per heavy atom. The Morgan fingerprint density at radius 2 is 1.68 bits per heavy atom. The first-order valence-corrected chi connectivity index (χ1v) is 9.91. The van der Waals surface area contributed by atoms with Gasteiger partial charge < -0.3 is 24.3 Å². The lowest BCUT2D eigenvalue weighted by Crippen LogP contribution is -2.41. The second kappa shape index (κ2) is 8.27. The molecule has 0 aliphatic carbocycles. The summed E-state index contributed by atoms with van der Waals surface area (Å²) < 4.78 is 17.8. The normalized spacial score (nSPS) is 21.7. The standard InChI is InChI=1S/C21H31BN2O4/c1-16(25)23-15-18(22-27-20(2,3)21(4,5)28-22)14-17-6-8-19(9-7-17)24-10-12-26-13-11-24/h6-9,14H,10-13,15H2,1-5H3,(H,23,25). The molecule has 1 aromatic rings. The topological polar surface area (TPSA) is 60.0 Å². The number of nitrogens with one attached hydrogen (secondary N) is 1. The van der Waals surface area contributed by atoms with Gasteiger partial charge in [0.1, 0.15) is 0 Å². The van der Waals surface area contributed by atoms with Crippen LogP contribution < -0.4 is 10.2 Å². The lowest BCUT2D eigenvalue weighted by atomic mass is 9.77. The minimum Gasteiger partial charge on any atom is -0.400 e. The maximum atomic E-state index is 11.5. The Bertz CT molecular complexity index is 708. The maximum Gasteiger partial charge on any atom is 0.492 e. The van der Waals surface area contributed by atoms with Gasteiger partial charge in [-0.15, -0.1) is 0 Å². The van der Waals surface area contributed by atoms with Crippen LogP contribution in [0.15, 0.2) is 29.7 Å². The van der Waals surface area contributed by atoms with Crippen LogP contribution in [-0.2, 0) is 18.8 Å². The van der Waals surface area contributed by atoms with Crippen molar-refractivity contribution in [2.75, 3.05) is 37.7 Å². The van der Waals surface area contributed by atoms with Crippen molar-refractivity contribution in [3.63, 3.8) is 0 Å². The predicted octanol–water partition coefficient (Wildman–Crippen LogP) is 2.67. The number of carbonyl (C=O) groups excluding carboxylic acids is 1. The van der Waals surface area contributed by atoms with E-state index >= 15 is 0 Å². The fourth-order valence-electron chi connectivity index (χ4n) is 3.24. The molecule has 1 amide bonds. The molecule has 1 N–H and O–H groups in total. The van der Waals surface area contributed by atoms with Gasteiger partial charge in [0.05, 0.1) is 24.4 Å². The Balaban J connectivity index is 1.79. The summed E-state index contributed by atoms with van der Waals surface area (Å²) in [6.07, 6.45) is 2.04. The van der Waals surface area contributed by atoms with Gasteiger partial charge >= 0.3 is 7.12 Å². The highest BCUT2D eigenvalue weighted by atomic mass is 16.7. The highest BCUT2D eigenvalue weighted by Crippen LogP contribution is 2.38. The van der Waals surface area contributed by atoms with Gasteiger partial charge in [-0.05, 0) is 50.9 Å². The molecule has 2 fully saturated rings. The molecule has 28 heavy (non-hydrogen) atoms. The zero-order chi connectivity index (χ0) is 20.4. The fourth-order valence-corrected chi connectivity index (χ4v) is 3.24. The van der Waals surface area contributed by atoms with Gasteiger partial charge in [0.2, 0.25) is 5.91 Å². The summed E-state index contributed by atoms with van der Waals surface area (Å²) in [5.41, 5.74) is 2.29. The van der Waals surface area contributed by atoms with Gasteiger partial charge in [0.25, 0.3) is 0 Å². The van der Waals surface area contributed by atoms with Crippen LogP contribution in [0.1, 0.15) is 40.2 Å². The van der Waals surface area contributed by atoms with E-state index in [-0.39, 0.29) is 5.91 Å². The largest absolute Gasteiger partial charge is 0.492 e. The number of nitrogens with zero attached hydrogens (tertiary/aromatic N) is 1. The lowest BCUT2D eigenvalue weighted by molar-refractivity contribution is -0.118. The van der Waals surface area contributed by atoms with Crippen LogP contribution in [0.3, 0.4) is 0 Å². The molecule has 3 rings (SSSR count). The molecule has 0 atom stereocenters. The minimum atomic E-state index is -0.490. The Labute approximate surface area is 168 Å². The molecule has 0 spiro atoms. The third-order valence-corrected chi connectivity index (χ3v) is 5.72. The zero-order valence-corrected chi connectivity index (χ0v) is 17.6. The van der Waals surface area contributed by atoms with E-state index < -0.39 is 18.3 Å². The Kier molecular flexibility index (Phi) is 6.17. The van der Waals surface area contributed by atoms with Crippen LogP contribution in [0.25, 0.3) is 6.08 Å². The van der Waals surface area contributed by atoms with Gasteiger partial charge in [-0.3, -0.25) is 4.79 Å². The van der Waals surface area contributed by atoms with E-state index in [4.69, 9.17) is 14.0 Å². The van der Waals surface area contributed by atoms with Crippen molar-refractivity contribution >= 4 is 24.8 Å². The lowest BCUT2D eigenvalue weighted by Gasteiger charge is -2.32. The van der Waals surface area contributed by atoms with Crippen molar-refractivity contribution in [3.05, 3.63) is 35.3 Å². The number of benzene rings is 1. The van der Waals surface area contributed by atoms with E-state index in [1.165, 1.54) is 12.6 Å².